The van der Waals surface area contributed by atoms with Crippen LogP contribution in [0.25, 0.3) is 6.08 Å². The molecule has 0 spiro atoms. The lowest BCUT2D eigenvalue weighted by Gasteiger charge is -2.17. The summed E-state index contributed by atoms with van der Waals surface area (Å²) >= 11 is 0. The molecule has 0 saturated heterocycles. The molecule has 0 bridgehead atoms. The Morgan fingerprint density at radius 2 is 1.18 bits per heavy atom. The van der Waals surface area contributed by atoms with Crippen LogP contribution in [-0.4, -0.2) is 0 Å². The summed E-state index contributed by atoms with van der Waals surface area (Å²) in [6.07, 6.45) is 4.37. The molecule has 0 aliphatic heterocycles. The first-order valence-electron chi connectivity index (χ1n) is 7.51. The van der Waals surface area contributed by atoms with Crippen LogP contribution >= 0.6 is 0 Å². The number of hydrogen-bond acceptors (Lipinski definition) is 1. The van der Waals surface area contributed by atoms with E-state index in [-0.39, 0.29) is 6.04 Å². The first-order chi connectivity index (χ1) is 10.9. The van der Waals surface area contributed by atoms with Gasteiger partial charge in [0.15, 0.2) is 0 Å². The Bertz CT molecular complexity index is 703. The maximum absolute atomic E-state index is 3.58. The quantitative estimate of drug-likeness (QED) is 0.647. The van der Waals surface area contributed by atoms with E-state index in [0.29, 0.717) is 0 Å². The van der Waals surface area contributed by atoms with Crippen molar-refractivity contribution in [1.29, 1.82) is 0 Å². The highest BCUT2D eigenvalue weighted by molar-refractivity contribution is 5.54. The molecule has 1 nitrogen and oxygen atoms in total. The van der Waals surface area contributed by atoms with Gasteiger partial charge in [0.2, 0.25) is 0 Å². The lowest BCUT2D eigenvalue weighted by Crippen LogP contribution is -2.07. The van der Waals surface area contributed by atoms with Crippen molar-refractivity contribution in [3.63, 3.8) is 0 Å². The van der Waals surface area contributed by atoms with Crippen molar-refractivity contribution < 1.29 is 0 Å². The highest BCUT2D eigenvalue weighted by atomic mass is 14.9. The van der Waals surface area contributed by atoms with Crippen LogP contribution in [0.5, 0.6) is 0 Å². The van der Waals surface area contributed by atoms with E-state index >= 15 is 0 Å². The summed E-state index contributed by atoms with van der Waals surface area (Å²) in [4.78, 5) is 0. The van der Waals surface area contributed by atoms with Crippen molar-refractivity contribution >= 4 is 11.8 Å². The number of benzene rings is 3. The van der Waals surface area contributed by atoms with E-state index in [0.717, 1.165) is 5.69 Å². The fourth-order valence-corrected chi connectivity index (χ4v) is 2.39. The van der Waals surface area contributed by atoms with Gasteiger partial charge in [-0.3, -0.25) is 0 Å². The molecule has 0 fully saturated rings. The molecule has 0 radical (unpaired) electrons. The van der Waals surface area contributed by atoms with Crippen molar-refractivity contribution in [3.05, 3.63) is 108 Å². The van der Waals surface area contributed by atoms with E-state index in [9.17, 15) is 0 Å². The summed E-state index contributed by atoms with van der Waals surface area (Å²) in [7, 11) is 0. The Labute approximate surface area is 132 Å². The Morgan fingerprint density at radius 1 is 0.636 bits per heavy atom. The predicted octanol–water partition coefficient (Wildman–Crippen LogP) is 5.55. The molecule has 108 valence electrons. The molecule has 3 aromatic rings. The molecular formula is C21H19N. The molecule has 1 unspecified atom stereocenters. The summed E-state index contributed by atoms with van der Waals surface area (Å²) in [5, 5.41) is 3.58. The topological polar surface area (TPSA) is 12.0 Å². The zero-order valence-corrected chi connectivity index (χ0v) is 12.4. The number of anilines is 1. The summed E-state index contributed by atoms with van der Waals surface area (Å²) < 4.78 is 0. The second kappa shape index (κ2) is 7.28. The smallest absolute Gasteiger partial charge is 0.0701 e. The van der Waals surface area contributed by atoms with Gasteiger partial charge < -0.3 is 5.32 Å². The van der Waals surface area contributed by atoms with E-state index in [1.807, 2.05) is 30.3 Å². The third kappa shape index (κ3) is 3.86. The highest BCUT2D eigenvalue weighted by Crippen LogP contribution is 2.21. The summed E-state index contributed by atoms with van der Waals surface area (Å²) in [5.74, 6) is 0. The molecule has 0 aromatic heterocycles. The van der Waals surface area contributed by atoms with Gasteiger partial charge in [0.25, 0.3) is 0 Å². The summed E-state index contributed by atoms with van der Waals surface area (Å²) in [6.45, 7) is 0. The number of nitrogens with one attached hydrogen (secondary N) is 1. The largest absolute Gasteiger partial charge is 0.375 e. The van der Waals surface area contributed by atoms with Gasteiger partial charge in [-0.1, -0.05) is 91.0 Å². The normalized spacial score (nSPS) is 12.2. The Balaban J connectivity index is 1.85. The van der Waals surface area contributed by atoms with Crippen LogP contribution in [0.4, 0.5) is 5.69 Å². The van der Waals surface area contributed by atoms with Gasteiger partial charge in [-0.2, -0.15) is 0 Å². The minimum Gasteiger partial charge on any atom is -0.375 e. The molecule has 1 atom stereocenters. The third-order valence-electron chi connectivity index (χ3n) is 3.54. The van der Waals surface area contributed by atoms with Gasteiger partial charge >= 0.3 is 0 Å². The van der Waals surface area contributed by atoms with Crippen LogP contribution in [0.15, 0.2) is 97.1 Å². The number of hydrogen-bond donors (Lipinski definition) is 1. The zero-order chi connectivity index (χ0) is 15.0. The van der Waals surface area contributed by atoms with E-state index in [2.05, 4.69) is 78.1 Å². The average Bonchev–Trinajstić information content (AvgIpc) is 2.61. The van der Waals surface area contributed by atoms with Gasteiger partial charge in [0.1, 0.15) is 0 Å². The van der Waals surface area contributed by atoms with E-state index in [4.69, 9.17) is 0 Å². The van der Waals surface area contributed by atoms with E-state index in [1.165, 1.54) is 11.1 Å². The standard InChI is InChI=1S/C21H19N/c1-4-10-18(11-5-1)16-17-21(19-12-6-2-7-13-19)22-20-14-8-3-9-15-20/h1-17,21-22H/b17-16+. The van der Waals surface area contributed by atoms with Gasteiger partial charge in [-0.15, -0.1) is 0 Å². The highest BCUT2D eigenvalue weighted by Gasteiger charge is 2.06. The maximum Gasteiger partial charge on any atom is 0.0701 e. The van der Waals surface area contributed by atoms with Crippen molar-refractivity contribution in [2.24, 2.45) is 0 Å². The molecule has 22 heavy (non-hydrogen) atoms. The van der Waals surface area contributed by atoms with Gasteiger partial charge in [0, 0.05) is 5.69 Å². The van der Waals surface area contributed by atoms with Crippen LogP contribution in [0, 0.1) is 0 Å². The van der Waals surface area contributed by atoms with Crippen LogP contribution < -0.4 is 5.32 Å². The van der Waals surface area contributed by atoms with Crippen molar-refractivity contribution in [2.75, 3.05) is 5.32 Å². The van der Waals surface area contributed by atoms with Gasteiger partial charge in [0.05, 0.1) is 6.04 Å². The van der Waals surface area contributed by atoms with E-state index in [1.54, 1.807) is 0 Å². The molecule has 0 amide bonds. The molecule has 1 heteroatoms. The Morgan fingerprint density at radius 3 is 1.82 bits per heavy atom. The van der Waals surface area contributed by atoms with E-state index < -0.39 is 0 Å². The van der Waals surface area contributed by atoms with Crippen molar-refractivity contribution in [3.8, 4) is 0 Å². The third-order valence-corrected chi connectivity index (χ3v) is 3.54. The molecule has 3 aromatic carbocycles. The second-order valence-corrected chi connectivity index (χ2v) is 5.17. The monoisotopic (exact) mass is 285 g/mol. The Hall–Kier alpha value is -2.80. The van der Waals surface area contributed by atoms with Crippen LogP contribution in [0.1, 0.15) is 17.2 Å². The first kappa shape index (κ1) is 14.2. The fraction of sp³-hybridized carbons (Fsp3) is 0.0476. The summed E-state index contributed by atoms with van der Waals surface area (Å²) in [5.41, 5.74) is 3.57. The predicted molar refractivity (Wildman–Crippen MR) is 94.7 cm³/mol. The SMILES string of the molecule is C(=C\C(Nc1ccccc1)c1ccccc1)/c1ccccc1. The minimum atomic E-state index is 0.142. The molecular weight excluding hydrogens is 266 g/mol. The molecule has 0 saturated carbocycles. The molecule has 3 rings (SSSR count). The van der Waals surface area contributed by atoms with Crippen molar-refractivity contribution in [1.82, 2.24) is 0 Å². The maximum atomic E-state index is 3.58. The molecule has 0 heterocycles. The van der Waals surface area contributed by atoms with Crippen LogP contribution in [0.3, 0.4) is 0 Å². The first-order valence-corrected chi connectivity index (χ1v) is 7.51. The van der Waals surface area contributed by atoms with Crippen LogP contribution in [0.2, 0.25) is 0 Å². The van der Waals surface area contributed by atoms with Crippen molar-refractivity contribution in [2.45, 2.75) is 6.04 Å². The fourth-order valence-electron chi connectivity index (χ4n) is 2.39. The van der Waals surface area contributed by atoms with Crippen LogP contribution in [-0.2, 0) is 0 Å². The lowest BCUT2D eigenvalue weighted by molar-refractivity contribution is 0.990. The molecule has 0 aliphatic carbocycles. The van der Waals surface area contributed by atoms with Gasteiger partial charge in [-0.05, 0) is 23.3 Å². The zero-order valence-electron chi connectivity index (χ0n) is 12.4. The lowest BCUT2D eigenvalue weighted by atomic mass is 10.0. The molecule has 1 N–H and O–H groups in total. The number of para-hydroxylation sites is 1. The average molecular weight is 285 g/mol. The minimum absolute atomic E-state index is 0.142. The van der Waals surface area contributed by atoms with Gasteiger partial charge in [-0.25, -0.2) is 0 Å². The molecule has 0 aliphatic rings. The second-order valence-electron chi connectivity index (χ2n) is 5.17. The Kier molecular flexibility index (Phi) is 4.68. The summed E-state index contributed by atoms with van der Waals surface area (Å²) in [6, 6.07) is 31.3. The number of rotatable bonds is 5.